The smallest absolute Gasteiger partial charge is 0.326 e. The van der Waals surface area contributed by atoms with Crippen LogP contribution in [0.3, 0.4) is 0 Å². The van der Waals surface area contributed by atoms with Crippen LogP contribution in [0.25, 0.3) is 0 Å². The first-order chi connectivity index (χ1) is 11.3. The largest absolute Gasteiger partial charge is 0.480 e. The summed E-state index contributed by atoms with van der Waals surface area (Å²) in [6, 6.07) is 6.28. The Hall–Kier alpha value is -2.37. The lowest BCUT2D eigenvalue weighted by Crippen LogP contribution is -2.40. The molecule has 1 aliphatic rings. The van der Waals surface area contributed by atoms with E-state index < -0.39 is 12.0 Å². The van der Waals surface area contributed by atoms with Crippen molar-refractivity contribution in [3.63, 3.8) is 0 Å². The predicted molar refractivity (Wildman–Crippen MR) is 89.4 cm³/mol. The Labute approximate surface area is 142 Å². The Morgan fingerprint density at radius 2 is 1.88 bits per heavy atom. The summed E-state index contributed by atoms with van der Waals surface area (Å²) in [6.45, 7) is 4.67. The van der Waals surface area contributed by atoms with Gasteiger partial charge in [-0.1, -0.05) is 26.0 Å². The minimum Gasteiger partial charge on any atom is -0.480 e. The second-order valence-electron chi connectivity index (χ2n) is 6.54. The summed E-state index contributed by atoms with van der Waals surface area (Å²) in [7, 11) is 1.75. The Kier molecular flexibility index (Phi) is 5.59. The molecule has 0 unspecified atom stereocenters. The minimum atomic E-state index is -0.953. The van der Waals surface area contributed by atoms with E-state index in [-0.39, 0.29) is 17.7 Å². The zero-order valence-electron chi connectivity index (χ0n) is 14.4. The second kappa shape index (κ2) is 7.47. The molecule has 1 fully saturated rings. The molecule has 24 heavy (non-hydrogen) atoms. The van der Waals surface area contributed by atoms with Gasteiger partial charge in [0.15, 0.2) is 0 Å². The van der Waals surface area contributed by atoms with Crippen molar-refractivity contribution in [3.05, 3.63) is 35.4 Å². The summed E-state index contributed by atoms with van der Waals surface area (Å²) in [6.07, 6.45) is 1.21. The van der Waals surface area contributed by atoms with Crippen LogP contribution in [0.15, 0.2) is 24.3 Å². The first-order valence-corrected chi connectivity index (χ1v) is 8.19. The van der Waals surface area contributed by atoms with Crippen LogP contribution in [-0.4, -0.2) is 52.3 Å². The average molecular weight is 332 g/mol. The van der Waals surface area contributed by atoms with Crippen molar-refractivity contribution < 1.29 is 19.5 Å². The number of carboxylic acids is 1. The maximum absolute atomic E-state index is 12.5. The third-order valence-electron chi connectivity index (χ3n) is 4.29. The first kappa shape index (κ1) is 18.0. The number of hydrogen-bond donors (Lipinski definition) is 1. The van der Waals surface area contributed by atoms with Crippen LogP contribution in [0.5, 0.6) is 0 Å². The molecule has 0 spiro atoms. The van der Waals surface area contributed by atoms with E-state index in [0.29, 0.717) is 31.5 Å². The van der Waals surface area contributed by atoms with E-state index in [0.717, 1.165) is 5.56 Å². The minimum absolute atomic E-state index is 0.0565. The number of benzene rings is 1. The molecule has 6 heteroatoms. The van der Waals surface area contributed by atoms with Crippen molar-refractivity contribution in [2.75, 3.05) is 13.6 Å². The van der Waals surface area contributed by atoms with Crippen molar-refractivity contribution in [1.82, 2.24) is 9.80 Å². The summed E-state index contributed by atoms with van der Waals surface area (Å²) in [5, 5.41) is 9.19. The molecule has 1 aliphatic heterocycles. The molecule has 2 amide bonds. The van der Waals surface area contributed by atoms with Crippen molar-refractivity contribution in [2.45, 2.75) is 39.3 Å². The number of aliphatic carboxylic acids is 1. The number of nitrogens with zero attached hydrogens (tertiary/aromatic N) is 2. The fourth-order valence-electron chi connectivity index (χ4n) is 2.98. The Bertz CT molecular complexity index is 624. The van der Waals surface area contributed by atoms with Gasteiger partial charge in [0.1, 0.15) is 6.04 Å². The van der Waals surface area contributed by atoms with Crippen molar-refractivity contribution >= 4 is 17.8 Å². The topological polar surface area (TPSA) is 77.9 Å². The van der Waals surface area contributed by atoms with Crippen LogP contribution in [0, 0.1) is 5.92 Å². The fourth-order valence-corrected chi connectivity index (χ4v) is 2.98. The highest BCUT2D eigenvalue weighted by atomic mass is 16.4. The molecule has 1 aromatic carbocycles. The number of amides is 2. The first-order valence-electron chi connectivity index (χ1n) is 8.19. The van der Waals surface area contributed by atoms with Gasteiger partial charge >= 0.3 is 5.97 Å². The number of hydrogen-bond acceptors (Lipinski definition) is 3. The lowest BCUT2D eigenvalue weighted by molar-refractivity contribution is -0.141. The summed E-state index contributed by atoms with van der Waals surface area (Å²) in [5.74, 6) is -1.19. The summed E-state index contributed by atoms with van der Waals surface area (Å²) in [4.78, 5) is 38.7. The van der Waals surface area contributed by atoms with Crippen LogP contribution in [0.1, 0.15) is 42.6 Å². The molecule has 130 valence electrons. The van der Waals surface area contributed by atoms with Gasteiger partial charge in [-0.2, -0.15) is 0 Å². The van der Waals surface area contributed by atoms with Crippen LogP contribution >= 0.6 is 0 Å². The Morgan fingerprint density at radius 1 is 1.25 bits per heavy atom. The van der Waals surface area contributed by atoms with E-state index in [9.17, 15) is 19.5 Å². The van der Waals surface area contributed by atoms with Gasteiger partial charge in [-0.15, -0.1) is 0 Å². The number of carboxylic acid groups (broad SMARTS) is 1. The Morgan fingerprint density at radius 3 is 2.42 bits per heavy atom. The predicted octanol–water partition coefficient (Wildman–Crippen LogP) is 1.99. The van der Waals surface area contributed by atoms with Crippen molar-refractivity contribution in [2.24, 2.45) is 5.92 Å². The molecule has 1 atom stereocenters. The molecule has 0 bridgehead atoms. The van der Waals surface area contributed by atoms with Gasteiger partial charge < -0.3 is 14.9 Å². The normalized spacial score (nSPS) is 17.2. The summed E-state index contributed by atoms with van der Waals surface area (Å²) in [5.41, 5.74) is 1.41. The molecule has 2 rings (SSSR count). The maximum Gasteiger partial charge on any atom is 0.326 e. The SMILES string of the molecule is CC(C)C(=O)N(C)Cc1ccc(C(=O)N2CCC[C@H]2C(=O)O)cc1. The van der Waals surface area contributed by atoms with E-state index >= 15 is 0 Å². The van der Waals surface area contributed by atoms with Gasteiger partial charge in [0.2, 0.25) is 5.91 Å². The van der Waals surface area contributed by atoms with Crippen molar-refractivity contribution in [3.8, 4) is 0 Å². The number of likely N-dealkylation sites (tertiary alicyclic amines) is 1. The molecule has 0 saturated carbocycles. The highest BCUT2D eigenvalue weighted by molar-refractivity contribution is 5.97. The van der Waals surface area contributed by atoms with E-state index in [1.54, 1.807) is 24.1 Å². The van der Waals surface area contributed by atoms with Crippen LogP contribution in [-0.2, 0) is 16.1 Å². The average Bonchev–Trinajstić information content (AvgIpc) is 3.03. The van der Waals surface area contributed by atoms with Gasteiger partial charge in [-0.3, -0.25) is 9.59 Å². The summed E-state index contributed by atoms with van der Waals surface area (Å²) >= 11 is 0. The molecular formula is C18H24N2O4. The number of carbonyl (C=O) groups is 3. The van der Waals surface area contributed by atoms with Gasteiger partial charge in [0.25, 0.3) is 5.91 Å². The zero-order valence-corrected chi connectivity index (χ0v) is 14.4. The molecule has 0 radical (unpaired) electrons. The standard InChI is InChI=1S/C18H24N2O4/c1-12(2)16(21)19(3)11-13-6-8-14(9-7-13)17(22)20-10-4-5-15(20)18(23)24/h6-9,12,15H,4-5,10-11H2,1-3H3,(H,23,24)/t15-/m0/s1. The van der Waals surface area contributed by atoms with E-state index in [1.807, 2.05) is 26.0 Å². The van der Waals surface area contributed by atoms with Gasteiger partial charge in [-0.05, 0) is 30.5 Å². The molecule has 0 aromatic heterocycles. The maximum atomic E-state index is 12.5. The lowest BCUT2D eigenvalue weighted by atomic mass is 10.1. The molecule has 1 heterocycles. The highest BCUT2D eigenvalue weighted by Gasteiger charge is 2.34. The third-order valence-corrected chi connectivity index (χ3v) is 4.29. The second-order valence-corrected chi connectivity index (χ2v) is 6.54. The number of rotatable bonds is 5. The summed E-state index contributed by atoms with van der Waals surface area (Å²) < 4.78 is 0. The van der Waals surface area contributed by atoms with E-state index in [4.69, 9.17) is 0 Å². The quantitative estimate of drug-likeness (QED) is 0.894. The van der Waals surface area contributed by atoms with Crippen LogP contribution in [0.2, 0.25) is 0 Å². The molecular weight excluding hydrogens is 308 g/mol. The van der Waals surface area contributed by atoms with Crippen LogP contribution in [0.4, 0.5) is 0 Å². The number of carbonyl (C=O) groups excluding carboxylic acids is 2. The van der Waals surface area contributed by atoms with Gasteiger partial charge in [-0.25, -0.2) is 4.79 Å². The Balaban J connectivity index is 2.05. The molecule has 0 aliphatic carbocycles. The monoisotopic (exact) mass is 332 g/mol. The van der Waals surface area contributed by atoms with Gasteiger partial charge in [0, 0.05) is 31.6 Å². The molecule has 1 saturated heterocycles. The van der Waals surface area contributed by atoms with Crippen LogP contribution < -0.4 is 0 Å². The zero-order chi connectivity index (χ0) is 17.9. The van der Waals surface area contributed by atoms with Gasteiger partial charge in [0.05, 0.1) is 0 Å². The van der Waals surface area contributed by atoms with E-state index in [2.05, 4.69) is 0 Å². The lowest BCUT2D eigenvalue weighted by Gasteiger charge is -2.22. The molecule has 1 N–H and O–H groups in total. The third kappa shape index (κ3) is 3.93. The highest BCUT2D eigenvalue weighted by Crippen LogP contribution is 2.20. The fraction of sp³-hybridized carbons (Fsp3) is 0.500. The molecule has 1 aromatic rings. The van der Waals surface area contributed by atoms with E-state index in [1.165, 1.54) is 4.90 Å². The molecule has 6 nitrogen and oxygen atoms in total. The van der Waals surface area contributed by atoms with Crippen molar-refractivity contribution in [1.29, 1.82) is 0 Å².